The van der Waals surface area contributed by atoms with Crippen molar-refractivity contribution >= 4 is 28.7 Å². The summed E-state index contributed by atoms with van der Waals surface area (Å²) in [5, 5.41) is 3.80. The first kappa shape index (κ1) is 22.2. The second-order valence-electron chi connectivity index (χ2n) is 9.04. The van der Waals surface area contributed by atoms with Gasteiger partial charge in [-0.1, -0.05) is 48.5 Å². The van der Waals surface area contributed by atoms with Crippen LogP contribution in [0.1, 0.15) is 18.1 Å². The third kappa shape index (κ3) is 4.28. The predicted molar refractivity (Wildman–Crippen MR) is 129 cm³/mol. The van der Waals surface area contributed by atoms with Crippen LogP contribution in [0.3, 0.4) is 0 Å². The Bertz CT molecular complexity index is 1200. The van der Waals surface area contributed by atoms with E-state index in [-0.39, 0.29) is 11.8 Å². The van der Waals surface area contributed by atoms with E-state index in [1.807, 2.05) is 48.7 Å². The molecule has 2 unspecified atom stereocenters. The Kier molecular flexibility index (Phi) is 6.06. The first-order valence-corrected chi connectivity index (χ1v) is 11.7. The zero-order valence-corrected chi connectivity index (χ0v) is 19.2. The quantitative estimate of drug-likeness (QED) is 0.554. The summed E-state index contributed by atoms with van der Waals surface area (Å²) in [6, 6.07) is 16.1. The summed E-state index contributed by atoms with van der Waals surface area (Å²) in [4.78, 5) is 47.3. The summed E-state index contributed by atoms with van der Waals surface area (Å²) in [5.41, 5.74) is 3.20. The number of fused-ring (bicyclic) bond motifs is 1. The van der Waals surface area contributed by atoms with Crippen LogP contribution in [0.5, 0.6) is 0 Å². The number of H-pyrrole nitrogens is 1. The number of aromatic nitrogens is 1. The number of aromatic amines is 1. The van der Waals surface area contributed by atoms with Gasteiger partial charge in [-0.2, -0.15) is 0 Å². The highest BCUT2D eigenvalue weighted by Gasteiger charge is 2.44. The van der Waals surface area contributed by atoms with Gasteiger partial charge in [-0.25, -0.2) is 4.79 Å². The van der Waals surface area contributed by atoms with Crippen LogP contribution in [0.15, 0.2) is 60.8 Å². The SMILES string of the molecule is CC(C(=O)N1CCN(Cc2ccccc2)CC1)N1C(=O)NC(Cc2c[nH]c3ccccc23)C1=O. The zero-order chi connectivity index (χ0) is 23.7. The lowest BCUT2D eigenvalue weighted by atomic mass is 10.0. The highest BCUT2D eigenvalue weighted by Crippen LogP contribution is 2.22. The summed E-state index contributed by atoms with van der Waals surface area (Å²) in [7, 11) is 0. The number of rotatable bonds is 6. The number of carbonyl (C=O) groups excluding carboxylic acids is 3. The molecule has 4 amide bonds. The van der Waals surface area contributed by atoms with E-state index in [9.17, 15) is 14.4 Å². The molecule has 1 aromatic heterocycles. The number of amides is 4. The molecular weight excluding hydrogens is 430 g/mol. The lowest BCUT2D eigenvalue weighted by Gasteiger charge is -2.37. The molecular formula is C26H29N5O3. The van der Waals surface area contributed by atoms with E-state index >= 15 is 0 Å². The minimum atomic E-state index is -0.832. The summed E-state index contributed by atoms with van der Waals surface area (Å²) in [6.45, 7) is 5.18. The maximum Gasteiger partial charge on any atom is 0.325 e. The Morgan fingerprint density at radius 3 is 2.47 bits per heavy atom. The Balaban J connectivity index is 1.19. The van der Waals surface area contributed by atoms with Gasteiger partial charge in [0.25, 0.3) is 5.91 Å². The zero-order valence-electron chi connectivity index (χ0n) is 19.2. The lowest BCUT2D eigenvalue weighted by Crippen LogP contribution is -2.55. The van der Waals surface area contributed by atoms with Crippen molar-refractivity contribution in [1.29, 1.82) is 0 Å². The van der Waals surface area contributed by atoms with Gasteiger partial charge in [0.15, 0.2) is 0 Å². The smallest absolute Gasteiger partial charge is 0.325 e. The molecule has 0 radical (unpaired) electrons. The van der Waals surface area contributed by atoms with E-state index in [0.29, 0.717) is 19.5 Å². The van der Waals surface area contributed by atoms with Crippen molar-refractivity contribution in [2.24, 2.45) is 0 Å². The molecule has 2 aliphatic heterocycles. The van der Waals surface area contributed by atoms with Crippen LogP contribution in [0.2, 0.25) is 0 Å². The number of para-hydroxylation sites is 1. The molecule has 8 heteroatoms. The first-order chi connectivity index (χ1) is 16.5. The van der Waals surface area contributed by atoms with Gasteiger partial charge in [0.05, 0.1) is 0 Å². The summed E-state index contributed by atoms with van der Waals surface area (Å²) in [5.74, 6) is -0.533. The van der Waals surface area contributed by atoms with Crippen molar-refractivity contribution in [3.05, 3.63) is 71.9 Å². The Hall–Kier alpha value is -3.65. The highest BCUT2D eigenvalue weighted by molar-refractivity contribution is 6.07. The predicted octanol–water partition coefficient (Wildman–Crippen LogP) is 2.36. The van der Waals surface area contributed by atoms with E-state index in [4.69, 9.17) is 0 Å². The van der Waals surface area contributed by atoms with E-state index in [1.54, 1.807) is 11.8 Å². The van der Waals surface area contributed by atoms with Crippen LogP contribution in [0.25, 0.3) is 10.9 Å². The number of piperazine rings is 1. The van der Waals surface area contributed by atoms with Crippen molar-refractivity contribution in [2.45, 2.75) is 32.0 Å². The van der Waals surface area contributed by atoms with Crippen molar-refractivity contribution in [2.75, 3.05) is 26.2 Å². The monoisotopic (exact) mass is 459 g/mol. The first-order valence-electron chi connectivity index (χ1n) is 11.7. The molecule has 2 saturated heterocycles. The van der Waals surface area contributed by atoms with Gasteiger partial charge < -0.3 is 15.2 Å². The van der Waals surface area contributed by atoms with Crippen LogP contribution in [-0.4, -0.2) is 75.8 Å². The standard InChI is InChI=1S/C26H29N5O3/c1-18(24(32)30-13-11-29(12-14-30)17-19-7-3-2-4-8-19)31-25(33)23(28-26(31)34)15-20-16-27-22-10-6-5-9-21(20)22/h2-10,16,18,23,27H,11-15,17H2,1H3,(H,28,34). The van der Waals surface area contributed by atoms with Crippen LogP contribution >= 0.6 is 0 Å². The third-order valence-electron chi connectivity index (χ3n) is 6.83. The molecule has 3 aromatic rings. The molecule has 2 N–H and O–H groups in total. The number of hydrogen-bond donors (Lipinski definition) is 2. The second kappa shape index (κ2) is 9.30. The summed E-state index contributed by atoms with van der Waals surface area (Å²) in [6.07, 6.45) is 2.25. The van der Waals surface area contributed by atoms with Gasteiger partial charge in [-0.05, 0) is 24.1 Å². The molecule has 8 nitrogen and oxygen atoms in total. The maximum absolute atomic E-state index is 13.2. The van der Waals surface area contributed by atoms with Crippen LogP contribution in [-0.2, 0) is 22.6 Å². The fourth-order valence-electron chi connectivity index (χ4n) is 4.92. The average Bonchev–Trinajstić information content (AvgIpc) is 3.39. The molecule has 176 valence electrons. The van der Waals surface area contributed by atoms with E-state index < -0.39 is 18.1 Å². The molecule has 2 aromatic carbocycles. The van der Waals surface area contributed by atoms with Crippen LogP contribution in [0, 0.1) is 0 Å². The average molecular weight is 460 g/mol. The molecule has 0 spiro atoms. The molecule has 0 aliphatic carbocycles. The molecule has 0 saturated carbocycles. The van der Waals surface area contributed by atoms with Crippen molar-refractivity contribution < 1.29 is 14.4 Å². The van der Waals surface area contributed by atoms with E-state index in [2.05, 4.69) is 27.3 Å². The van der Waals surface area contributed by atoms with Gasteiger partial charge in [-0.3, -0.25) is 19.4 Å². The Labute approximate surface area is 198 Å². The molecule has 2 atom stereocenters. The Morgan fingerprint density at radius 2 is 1.71 bits per heavy atom. The van der Waals surface area contributed by atoms with Gasteiger partial charge in [0.1, 0.15) is 12.1 Å². The second-order valence-corrected chi connectivity index (χ2v) is 9.04. The molecule has 3 heterocycles. The number of nitrogens with zero attached hydrogens (tertiary/aromatic N) is 3. The molecule has 0 bridgehead atoms. The van der Waals surface area contributed by atoms with Crippen molar-refractivity contribution in [1.82, 2.24) is 25.0 Å². The number of nitrogens with one attached hydrogen (secondary N) is 2. The largest absolute Gasteiger partial charge is 0.361 e. The Morgan fingerprint density at radius 1 is 1.00 bits per heavy atom. The number of hydrogen-bond acceptors (Lipinski definition) is 4. The fourth-order valence-corrected chi connectivity index (χ4v) is 4.92. The number of carbonyl (C=O) groups is 3. The molecule has 2 aliphatic rings. The third-order valence-corrected chi connectivity index (χ3v) is 6.83. The number of imide groups is 1. The molecule has 34 heavy (non-hydrogen) atoms. The van der Waals surface area contributed by atoms with Gasteiger partial charge in [0.2, 0.25) is 5.91 Å². The molecule has 2 fully saturated rings. The highest BCUT2D eigenvalue weighted by atomic mass is 16.2. The number of benzene rings is 2. The topological polar surface area (TPSA) is 88.8 Å². The minimum absolute atomic E-state index is 0.185. The fraction of sp³-hybridized carbons (Fsp3) is 0.346. The van der Waals surface area contributed by atoms with E-state index in [0.717, 1.165) is 41.0 Å². The number of urea groups is 1. The van der Waals surface area contributed by atoms with Gasteiger partial charge >= 0.3 is 6.03 Å². The van der Waals surface area contributed by atoms with Crippen LogP contribution in [0.4, 0.5) is 4.79 Å². The van der Waals surface area contributed by atoms with Crippen LogP contribution < -0.4 is 5.32 Å². The van der Waals surface area contributed by atoms with Gasteiger partial charge in [0, 0.05) is 56.2 Å². The molecule has 5 rings (SSSR count). The summed E-state index contributed by atoms with van der Waals surface area (Å²) < 4.78 is 0. The maximum atomic E-state index is 13.2. The van der Waals surface area contributed by atoms with Crippen molar-refractivity contribution in [3.63, 3.8) is 0 Å². The van der Waals surface area contributed by atoms with Gasteiger partial charge in [-0.15, -0.1) is 0 Å². The normalized spacial score (nSPS) is 20.1. The van der Waals surface area contributed by atoms with Crippen molar-refractivity contribution in [3.8, 4) is 0 Å². The minimum Gasteiger partial charge on any atom is -0.361 e. The summed E-state index contributed by atoms with van der Waals surface area (Å²) >= 11 is 0. The van der Waals surface area contributed by atoms with E-state index in [1.165, 1.54) is 5.56 Å². The lowest BCUT2D eigenvalue weighted by molar-refractivity contribution is -0.142.